The third kappa shape index (κ3) is 5.58. The molecule has 1 aliphatic carbocycles. The maximum atomic E-state index is 12.1. The van der Waals surface area contributed by atoms with E-state index in [0.29, 0.717) is 18.9 Å². The highest BCUT2D eigenvalue weighted by Crippen LogP contribution is 2.27. The number of hydrogen-bond donors (Lipinski definition) is 1. The molecule has 0 aromatic heterocycles. The lowest BCUT2D eigenvalue weighted by atomic mass is 10.0. The summed E-state index contributed by atoms with van der Waals surface area (Å²) in [4.78, 5) is 25.6. The Morgan fingerprint density at radius 2 is 2.04 bits per heavy atom. The molecule has 0 aliphatic heterocycles. The van der Waals surface area contributed by atoms with Gasteiger partial charge < -0.3 is 15.0 Å². The lowest BCUT2D eigenvalue weighted by molar-refractivity contribution is -0.132. The van der Waals surface area contributed by atoms with Gasteiger partial charge in [-0.1, -0.05) is 25.0 Å². The number of rotatable bonds is 7. The number of benzene rings is 1. The van der Waals surface area contributed by atoms with Crippen LogP contribution in [0.2, 0.25) is 0 Å². The van der Waals surface area contributed by atoms with Crippen molar-refractivity contribution in [2.45, 2.75) is 38.6 Å². The minimum atomic E-state index is -0.0902. The zero-order valence-corrected chi connectivity index (χ0v) is 14.0. The molecule has 1 aromatic carbocycles. The summed E-state index contributed by atoms with van der Waals surface area (Å²) in [5.41, 5.74) is 0.998. The van der Waals surface area contributed by atoms with Crippen molar-refractivity contribution in [3.63, 3.8) is 0 Å². The average molecular weight is 318 g/mol. The molecule has 1 aliphatic rings. The van der Waals surface area contributed by atoms with Gasteiger partial charge in [-0.05, 0) is 36.5 Å². The number of nitrogens with one attached hydrogen (secondary N) is 1. The molecule has 0 radical (unpaired) electrons. The number of hydrogen-bond acceptors (Lipinski definition) is 3. The number of methoxy groups -OCH3 is 1. The van der Waals surface area contributed by atoms with Gasteiger partial charge in [0.25, 0.3) is 0 Å². The fourth-order valence-electron chi connectivity index (χ4n) is 2.99. The highest BCUT2D eigenvalue weighted by atomic mass is 16.5. The van der Waals surface area contributed by atoms with Crippen molar-refractivity contribution in [2.75, 3.05) is 20.7 Å². The molecule has 2 amide bonds. The highest BCUT2D eigenvalue weighted by Gasteiger charge is 2.19. The topological polar surface area (TPSA) is 58.6 Å². The molecular weight excluding hydrogens is 292 g/mol. The van der Waals surface area contributed by atoms with Gasteiger partial charge in [0.1, 0.15) is 5.75 Å². The summed E-state index contributed by atoms with van der Waals surface area (Å²) in [5, 5.41) is 2.74. The monoisotopic (exact) mass is 318 g/mol. The minimum Gasteiger partial charge on any atom is -0.497 e. The van der Waals surface area contributed by atoms with Gasteiger partial charge in [0.15, 0.2) is 0 Å². The van der Waals surface area contributed by atoms with Gasteiger partial charge in [0, 0.05) is 20.0 Å². The van der Waals surface area contributed by atoms with Crippen molar-refractivity contribution < 1.29 is 14.3 Å². The molecule has 0 bridgehead atoms. The van der Waals surface area contributed by atoms with Crippen molar-refractivity contribution in [1.82, 2.24) is 10.2 Å². The number of carbonyl (C=O) groups excluding carboxylic acids is 2. The van der Waals surface area contributed by atoms with Crippen molar-refractivity contribution in [1.29, 1.82) is 0 Å². The van der Waals surface area contributed by atoms with Crippen LogP contribution >= 0.6 is 0 Å². The summed E-state index contributed by atoms with van der Waals surface area (Å²) in [6.45, 7) is 0.556. The van der Waals surface area contributed by atoms with Gasteiger partial charge in [0.05, 0.1) is 13.7 Å². The van der Waals surface area contributed by atoms with E-state index in [0.717, 1.165) is 24.2 Å². The van der Waals surface area contributed by atoms with E-state index >= 15 is 0 Å². The Labute approximate surface area is 138 Å². The SMILES string of the molecule is COc1cccc(CN(C)C(=O)CNC(=O)CC2CCCC2)c1. The molecule has 0 heterocycles. The lowest BCUT2D eigenvalue weighted by Crippen LogP contribution is -2.38. The smallest absolute Gasteiger partial charge is 0.242 e. The summed E-state index contributed by atoms with van der Waals surface area (Å²) in [6.07, 6.45) is 5.27. The van der Waals surface area contributed by atoms with E-state index in [-0.39, 0.29) is 18.4 Å². The van der Waals surface area contributed by atoms with Crippen LogP contribution in [0, 0.1) is 5.92 Å². The summed E-state index contributed by atoms with van der Waals surface area (Å²) in [6, 6.07) is 7.62. The van der Waals surface area contributed by atoms with Gasteiger partial charge >= 0.3 is 0 Å². The number of likely N-dealkylation sites (N-methyl/N-ethyl adjacent to an activating group) is 1. The standard InChI is InChI=1S/C18H26N2O3/c1-20(13-15-8-5-9-16(10-15)23-2)18(22)12-19-17(21)11-14-6-3-4-7-14/h5,8-10,14H,3-4,6-7,11-13H2,1-2H3,(H,19,21). The normalized spacial score (nSPS) is 14.5. The van der Waals surface area contributed by atoms with Crippen LogP contribution < -0.4 is 10.1 Å². The second-order valence-electron chi connectivity index (χ2n) is 6.23. The first-order chi connectivity index (χ1) is 11.1. The van der Waals surface area contributed by atoms with E-state index in [4.69, 9.17) is 4.74 Å². The third-order valence-corrected chi connectivity index (χ3v) is 4.37. The molecule has 126 valence electrons. The molecule has 0 saturated heterocycles. The van der Waals surface area contributed by atoms with Crippen molar-refractivity contribution in [3.05, 3.63) is 29.8 Å². The summed E-state index contributed by atoms with van der Waals surface area (Å²) >= 11 is 0. The first-order valence-electron chi connectivity index (χ1n) is 8.22. The van der Waals surface area contributed by atoms with E-state index in [1.165, 1.54) is 12.8 Å². The van der Waals surface area contributed by atoms with Crippen LogP contribution in [0.1, 0.15) is 37.7 Å². The quantitative estimate of drug-likeness (QED) is 0.839. The zero-order valence-electron chi connectivity index (χ0n) is 14.0. The van der Waals surface area contributed by atoms with Crippen LogP contribution in [-0.4, -0.2) is 37.4 Å². The maximum Gasteiger partial charge on any atom is 0.242 e. The molecule has 1 saturated carbocycles. The first kappa shape index (κ1) is 17.3. The molecule has 0 unspecified atom stereocenters. The summed E-state index contributed by atoms with van der Waals surface area (Å²) in [7, 11) is 3.36. The van der Waals surface area contributed by atoms with Gasteiger partial charge in [-0.2, -0.15) is 0 Å². The molecule has 2 rings (SSSR count). The summed E-state index contributed by atoms with van der Waals surface area (Å²) < 4.78 is 5.18. The van der Waals surface area contributed by atoms with E-state index in [1.807, 2.05) is 24.3 Å². The molecule has 5 heteroatoms. The second kappa shape index (κ2) is 8.56. The van der Waals surface area contributed by atoms with E-state index in [1.54, 1.807) is 19.1 Å². The van der Waals surface area contributed by atoms with Crippen molar-refractivity contribution in [3.8, 4) is 5.75 Å². The van der Waals surface area contributed by atoms with E-state index < -0.39 is 0 Å². The third-order valence-electron chi connectivity index (χ3n) is 4.37. The predicted octanol–water partition coefficient (Wildman–Crippen LogP) is 2.35. The Hall–Kier alpha value is -2.04. The van der Waals surface area contributed by atoms with E-state index in [2.05, 4.69) is 5.32 Å². The van der Waals surface area contributed by atoms with Crippen LogP contribution in [0.4, 0.5) is 0 Å². The molecular formula is C18H26N2O3. The largest absolute Gasteiger partial charge is 0.497 e. The van der Waals surface area contributed by atoms with Gasteiger partial charge in [-0.3, -0.25) is 9.59 Å². The molecule has 1 aromatic rings. The lowest BCUT2D eigenvalue weighted by Gasteiger charge is -2.18. The Balaban J connectivity index is 1.74. The molecule has 1 fully saturated rings. The highest BCUT2D eigenvalue weighted by molar-refractivity contribution is 5.84. The van der Waals surface area contributed by atoms with E-state index in [9.17, 15) is 9.59 Å². The van der Waals surface area contributed by atoms with Gasteiger partial charge in [0.2, 0.25) is 11.8 Å². The van der Waals surface area contributed by atoms with Crippen LogP contribution in [0.15, 0.2) is 24.3 Å². The Bertz CT molecular complexity index is 539. The Morgan fingerprint density at radius 1 is 1.30 bits per heavy atom. The fraction of sp³-hybridized carbons (Fsp3) is 0.556. The first-order valence-corrected chi connectivity index (χ1v) is 8.22. The van der Waals surface area contributed by atoms with Crippen LogP contribution in [0.25, 0.3) is 0 Å². The minimum absolute atomic E-state index is 0.0139. The van der Waals surface area contributed by atoms with Crippen molar-refractivity contribution in [2.24, 2.45) is 5.92 Å². The molecule has 0 spiro atoms. The Kier molecular flexibility index (Phi) is 6.44. The zero-order chi connectivity index (χ0) is 16.7. The molecule has 5 nitrogen and oxygen atoms in total. The van der Waals surface area contributed by atoms with Gasteiger partial charge in [-0.15, -0.1) is 0 Å². The molecule has 0 atom stereocenters. The van der Waals surface area contributed by atoms with Crippen LogP contribution in [-0.2, 0) is 16.1 Å². The number of carbonyl (C=O) groups is 2. The maximum absolute atomic E-state index is 12.1. The molecule has 1 N–H and O–H groups in total. The number of ether oxygens (including phenoxy) is 1. The van der Waals surface area contributed by atoms with Crippen molar-refractivity contribution >= 4 is 11.8 Å². The number of amides is 2. The summed E-state index contributed by atoms with van der Waals surface area (Å²) in [5.74, 6) is 1.17. The molecule has 23 heavy (non-hydrogen) atoms. The van der Waals surface area contributed by atoms with Crippen LogP contribution in [0.3, 0.4) is 0 Å². The van der Waals surface area contributed by atoms with Gasteiger partial charge in [-0.25, -0.2) is 0 Å². The Morgan fingerprint density at radius 3 is 2.74 bits per heavy atom. The number of nitrogens with zero attached hydrogens (tertiary/aromatic N) is 1. The average Bonchev–Trinajstić information content (AvgIpc) is 3.05. The second-order valence-corrected chi connectivity index (χ2v) is 6.23. The van der Waals surface area contributed by atoms with Crippen LogP contribution in [0.5, 0.6) is 5.75 Å². The predicted molar refractivity (Wildman–Crippen MR) is 89.1 cm³/mol. The fourth-order valence-corrected chi connectivity index (χ4v) is 2.99.